The molecule has 0 aromatic carbocycles. The van der Waals surface area contributed by atoms with Crippen LogP contribution in [0, 0.1) is 17.8 Å². The van der Waals surface area contributed by atoms with Gasteiger partial charge < -0.3 is 15.4 Å². The number of alkyl carbamates (subject to hydrolysis) is 1. The second-order valence-electron chi connectivity index (χ2n) is 12.3. The van der Waals surface area contributed by atoms with E-state index in [0.29, 0.717) is 31.1 Å². The summed E-state index contributed by atoms with van der Waals surface area (Å²) in [7, 11) is 0. The van der Waals surface area contributed by atoms with Crippen LogP contribution in [0.4, 0.5) is 4.79 Å². The molecule has 0 aromatic rings. The van der Waals surface area contributed by atoms with E-state index in [4.69, 9.17) is 4.74 Å². The monoisotopic (exact) mass is 438 g/mol. The molecule has 7 heteroatoms. The zero-order chi connectivity index (χ0) is 23.8. The molecule has 0 unspecified atom stereocenters. The van der Waals surface area contributed by atoms with Crippen molar-refractivity contribution in [2.45, 2.75) is 123 Å². The topological polar surface area (TPSA) is 90.6 Å². The van der Waals surface area contributed by atoms with Gasteiger partial charge in [-0.2, -0.15) is 0 Å². The van der Waals surface area contributed by atoms with Crippen LogP contribution in [0.25, 0.3) is 0 Å². The molecule has 31 heavy (non-hydrogen) atoms. The molecule has 1 aliphatic carbocycles. The predicted molar refractivity (Wildman–Crippen MR) is 121 cm³/mol. The smallest absolute Gasteiger partial charge is 0.407 e. The van der Waals surface area contributed by atoms with Crippen molar-refractivity contribution in [3.8, 4) is 0 Å². The van der Waals surface area contributed by atoms with Gasteiger partial charge in [-0.15, -0.1) is 10.3 Å². The normalized spacial score (nSPS) is 26.9. The second-order valence-corrected chi connectivity index (χ2v) is 12.3. The number of hydrogen-bond acceptors (Lipinski definition) is 4. The molecule has 3 atom stereocenters. The number of ether oxygens (including phenoxy) is 1. The van der Waals surface area contributed by atoms with E-state index in [1.54, 1.807) is 0 Å². The Balaban J connectivity index is 1.89. The van der Waals surface area contributed by atoms with Crippen molar-refractivity contribution in [1.82, 2.24) is 15.7 Å². The van der Waals surface area contributed by atoms with Crippen LogP contribution in [0.2, 0.25) is 0 Å². The predicted octanol–water partition coefficient (Wildman–Crippen LogP) is 4.44. The van der Waals surface area contributed by atoms with E-state index in [-0.39, 0.29) is 30.0 Å². The third kappa shape index (κ3) is 7.63. The van der Waals surface area contributed by atoms with Gasteiger partial charge in [0.1, 0.15) is 5.60 Å². The summed E-state index contributed by atoms with van der Waals surface area (Å²) in [5, 5.41) is 19.9. The molecule has 1 heterocycles. The number of nitrogens with zero attached hydrogens (tertiary/aromatic N) is 1. The number of carbonyl (C=O) groups excluding carboxylic acids is 2. The van der Waals surface area contributed by atoms with Crippen LogP contribution in [0.1, 0.15) is 94.4 Å². The van der Waals surface area contributed by atoms with Crippen molar-refractivity contribution in [3.63, 3.8) is 0 Å². The molecular weight excluding hydrogens is 394 g/mol. The Kier molecular flexibility index (Phi) is 7.74. The molecular formula is C24H44N3O4. The van der Waals surface area contributed by atoms with E-state index in [2.05, 4.69) is 24.5 Å². The summed E-state index contributed by atoms with van der Waals surface area (Å²) in [6, 6.07) is 0.0282. The van der Waals surface area contributed by atoms with E-state index in [0.717, 1.165) is 12.8 Å². The second kappa shape index (κ2) is 9.26. The van der Waals surface area contributed by atoms with Crippen molar-refractivity contribution in [2.24, 2.45) is 17.8 Å². The first-order valence-corrected chi connectivity index (χ1v) is 11.8. The maximum atomic E-state index is 12.8. The minimum absolute atomic E-state index is 0.00579. The maximum Gasteiger partial charge on any atom is 0.407 e. The lowest BCUT2D eigenvalue weighted by Crippen LogP contribution is -2.62. The zero-order valence-corrected chi connectivity index (χ0v) is 21.0. The lowest BCUT2D eigenvalue weighted by Gasteiger charge is -2.50. The van der Waals surface area contributed by atoms with Gasteiger partial charge in [-0.3, -0.25) is 4.79 Å². The average Bonchev–Trinajstić information content (AvgIpc) is 3.27. The Bertz CT molecular complexity index is 636. The van der Waals surface area contributed by atoms with Crippen LogP contribution in [0.5, 0.6) is 0 Å². The molecule has 0 aromatic heterocycles. The molecule has 1 aliphatic heterocycles. The summed E-state index contributed by atoms with van der Waals surface area (Å²) in [6.45, 7) is 17.6. The van der Waals surface area contributed by atoms with Crippen molar-refractivity contribution in [3.05, 3.63) is 0 Å². The van der Waals surface area contributed by atoms with Crippen LogP contribution in [0.3, 0.4) is 0 Å². The first kappa shape index (κ1) is 25.9. The van der Waals surface area contributed by atoms with E-state index >= 15 is 0 Å². The van der Waals surface area contributed by atoms with Crippen molar-refractivity contribution < 1.29 is 19.5 Å². The molecule has 0 bridgehead atoms. The van der Waals surface area contributed by atoms with E-state index in [1.165, 1.54) is 5.06 Å². The molecule has 7 nitrogen and oxygen atoms in total. The number of nitrogens with one attached hydrogen (secondary N) is 2. The van der Waals surface area contributed by atoms with Gasteiger partial charge >= 0.3 is 6.09 Å². The molecule has 2 amide bonds. The van der Waals surface area contributed by atoms with Gasteiger partial charge in [-0.25, -0.2) is 4.79 Å². The van der Waals surface area contributed by atoms with Gasteiger partial charge in [0.05, 0.1) is 0 Å². The van der Waals surface area contributed by atoms with Gasteiger partial charge in [0.2, 0.25) is 5.91 Å². The average molecular weight is 439 g/mol. The summed E-state index contributed by atoms with van der Waals surface area (Å²) in [6.07, 6.45) is 3.19. The summed E-state index contributed by atoms with van der Waals surface area (Å²) < 4.78 is 5.43. The number of hydroxylamine groups is 2. The number of rotatable bonds is 7. The van der Waals surface area contributed by atoms with Gasteiger partial charge in [-0.05, 0) is 91.9 Å². The molecule has 1 saturated carbocycles. The number of hydrogen-bond donors (Lipinski definition) is 2. The van der Waals surface area contributed by atoms with Crippen molar-refractivity contribution in [2.75, 3.05) is 0 Å². The van der Waals surface area contributed by atoms with Crippen molar-refractivity contribution in [1.29, 1.82) is 0 Å². The highest BCUT2D eigenvalue weighted by Gasteiger charge is 2.48. The highest BCUT2D eigenvalue weighted by Crippen LogP contribution is 2.45. The highest BCUT2D eigenvalue weighted by atomic mass is 16.6. The Hall–Kier alpha value is -1.34. The number of carbonyl (C=O) groups is 2. The van der Waals surface area contributed by atoms with E-state index in [1.807, 2.05) is 48.5 Å². The maximum absolute atomic E-state index is 12.8. The van der Waals surface area contributed by atoms with Gasteiger partial charge in [0.25, 0.3) is 0 Å². The third-order valence-corrected chi connectivity index (χ3v) is 6.33. The molecule has 0 spiro atoms. The molecule has 1 radical (unpaired) electrons. The Labute approximate surface area is 188 Å². The van der Waals surface area contributed by atoms with Crippen LogP contribution in [-0.2, 0) is 14.7 Å². The molecule has 179 valence electrons. The van der Waals surface area contributed by atoms with Crippen LogP contribution in [-0.4, -0.2) is 45.8 Å². The summed E-state index contributed by atoms with van der Waals surface area (Å²) in [5.74, 6) is 1.07. The fourth-order valence-corrected chi connectivity index (χ4v) is 5.20. The minimum atomic E-state index is -0.531. The van der Waals surface area contributed by atoms with E-state index in [9.17, 15) is 14.8 Å². The molecule has 1 saturated heterocycles. The molecule has 2 N–H and O–H groups in total. The van der Waals surface area contributed by atoms with Crippen molar-refractivity contribution >= 4 is 12.0 Å². The van der Waals surface area contributed by atoms with Crippen LogP contribution >= 0.6 is 0 Å². The first-order chi connectivity index (χ1) is 14.0. The standard InChI is InChI=1S/C24H44N3O4/c1-15(2)10-19(26-21(29)31-22(3,4)5)18-11-16(18)12-20(28)25-17-13-23(6,7)27(30)24(8,9)14-17/h15-19H,10-14H2,1-9H3,(H,25,28)(H,26,29)/t16-,18+,19-/m0/s1. The highest BCUT2D eigenvalue weighted by molar-refractivity contribution is 5.77. The fraction of sp³-hybridized carbons (Fsp3) is 0.917. The lowest BCUT2D eigenvalue weighted by atomic mass is 9.79. The minimum Gasteiger partial charge on any atom is -0.444 e. The third-order valence-electron chi connectivity index (χ3n) is 6.33. The molecule has 2 fully saturated rings. The zero-order valence-electron chi connectivity index (χ0n) is 21.0. The van der Waals surface area contributed by atoms with E-state index < -0.39 is 16.7 Å². The summed E-state index contributed by atoms with van der Waals surface area (Å²) in [4.78, 5) is 25.0. The quantitative estimate of drug-likeness (QED) is 0.615. The largest absolute Gasteiger partial charge is 0.444 e. The van der Waals surface area contributed by atoms with Gasteiger partial charge in [0, 0.05) is 29.6 Å². The first-order valence-electron chi connectivity index (χ1n) is 11.8. The Morgan fingerprint density at radius 1 is 1.10 bits per heavy atom. The number of piperidine rings is 1. The summed E-state index contributed by atoms with van der Waals surface area (Å²) in [5.41, 5.74) is -1.53. The van der Waals surface area contributed by atoms with Gasteiger partial charge in [-0.1, -0.05) is 13.8 Å². The van der Waals surface area contributed by atoms with Crippen LogP contribution in [0.15, 0.2) is 0 Å². The van der Waals surface area contributed by atoms with Crippen LogP contribution < -0.4 is 10.6 Å². The Morgan fingerprint density at radius 3 is 2.13 bits per heavy atom. The van der Waals surface area contributed by atoms with Gasteiger partial charge in [0.15, 0.2) is 0 Å². The Morgan fingerprint density at radius 2 is 1.65 bits per heavy atom. The fourth-order valence-electron chi connectivity index (χ4n) is 5.20. The SMILES string of the molecule is CC(C)C[C@H](NC(=O)OC(C)(C)C)[C@@H]1C[C@H]1CC(=O)NC1CC(C)(C)N([O])C(C)(C)C1. The molecule has 2 rings (SSSR count). The number of amides is 2. The lowest BCUT2D eigenvalue weighted by molar-refractivity contribution is -0.290. The molecule has 2 aliphatic rings. The summed E-state index contributed by atoms with van der Waals surface area (Å²) >= 11 is 0.